The molecule has 0 unspecified atom stereocenters. The number of aliphatic hydroxyl groups excluding tert-OH is 1. The summed E-state index contributed by atoms with van der Waals surface area (Å²) in [5.74, 6) is -0.291. The van der Waals surface area contributed by atoms with Crippen molar-refractivity contribution in [1.29, 1.82) is 0 Å². The Labute approximate surface area is 135 Å². The molecule has 1 saturated heterocycles. The van der Waals surface area contributed by atoms with E-state index in [2.05, 4.69) is 0 Å². The van der Waals surface area contributed by atoms with Crippen LogP contribution in [0.4, 0.5) is 5.69 Å². The third kappa shape index (κ3) is 2.66. The van der Waals surface area contributed by atoms with Crippen LogP contribution in [0.1, 0.15) is 29.3 Å². The van der Waals surface area contributed by atoms with E-state index < -0.39 is 5.41 Å². The first-order valence-electron chi connectivity index (χ1n) is 7.68. The number of amides is 1. The molecule has 4 heteroatoms. The summed E-state index contributed by atoms with van der Waals surface area (Å²) >= 11 is 0. The van der Waals surface area contributed by atoms with Crippen LogP contribution in [0.5, 0.6) is 0 Å². The molecule has 0 aromatic heterocycles. The summed E-state index contributed by atoms with van der Waals surface area (Å²) in [6.45, 7) is 2.22. The highest BCUT2D eigenvalue weighted by Gasteiger charge is 2.49. The Bertz CT molecular complexity index is 724. The Morgan fingerprint density at radius 1 is 1.13 bits per heavy atom. The van der Waals surface area contributed by atoms with Crippen LogP contribution in [-0.2, 0) is 11.4 Å². The molecule has 1 fully saturated rings. The van der Waals surface area contributed by atoms with Crippen molar-refractivity contribution in [2.24, 2.45) is 5.41 Å². The van der Waals surface area contributed by atoms with Crippen LogP contribution in [0.3, 0.4) is 0 Å². The number of carbonyl (C=O) groups is 2. The van der Waals surface area contributed by atoms with Crippen LogP contribution < -0.4 is 4.90 Å². The maximum Gasteiger partial charge on any atom is 0.240 e. The van der Waals surface area contributed by atoms with Crippen molar-refractivity contribution in [2.45, 2.75) is 20.0 Å². The molecule has 2 aromatic rings. The number of aliphatic hydroxyl groups is 1. The fourth-order valence-corrected chi connectivity index (χ4v) is 2.99. The van der Waals surface area contributed by atoms with Crippen LogP contribution >= 0.6 is 0 Å². The van der Waals surface area contributed by atoms with Crippen molar-refractivity contribution in [1.82, 2.24) is 0 Å². The molecule has 1 aliphatic rings. The lowest BCUT2D eigenvalue weighted by Gasteiger charge is -2.22. The minimum absolute atomic E-state index is 0.0293. The molecule has 118 valence electrons. The van der Waals surface area contributed by atoms with E-state index in [1.165, 1.54) is 0 Å². The van der Waals surface area contributed by atoms with Crippen LogP contribution in [0.25, 0.3) is 0 Å². The average Bonchev–Trinajstić information content (AvgIpc) is 2.91. The van der Waals surface area contributed by atoms with Gasteiger partial charge in [0.15, 0.2) is 5.78 Å². The first-order valence-corrected chi connectivity index (χ1v) is 7.68. The Morgan fingerprint density at radius 2 is 1.78 bits per heavy atom. The molecule has 3 rings (SSSR count). The summed E-state index contributed by atoms with van der Waals surface area (Å²) < 4.78 is 0. The van der Waals surface area contributed by atoms with Gasteiger partial charge in [-0.3, -0.25) is 9.59 Å². The first kappa shape index (κ1) is 15.4. The van der Waals surface area contributed by atoms with E-state index in [1.807, 2.05) is 18.2 Å². The minimum atomic E-state index is -1.02. The van der Waals surface area contributed by atoms with E-state index in [0.717, 1.165) is 11.3 Å². The Balaban J connectivity index is 1.86. The summed E-state index contributed by atoms with van der Waals surface area (Å²) in [5.41, 5.74) is 1.11. The summed E-state index contributed by atoms with van der Waals surface area (Å²) in [6.07, 6.45) is 0.501. The van der Waals surface area contributed by atoms with Crippen molar-refractivity contribution >= 4 is 17.4 Å². The highest BCUT2D eigenvalue weighted by atomic mass is 16.3. The van der Waals surface area contributed by atoms with Crippen LogP contribution in [0.15, 0.2) is 54.6 Å². The van der Waals surface area contributed by atoms with E-state index >= 15 is 0 Å². The van der Waals surface area contributed by atoms with Gasteiger partial charge >= 0.3 is 0 Å². The highest BCUT2D eigenvalue weighted by Crippen LogP contribution is 2.37. The molecule has 1 N–H and O–H groups in total. The molecule has 2 aromatic carbocycles. The van der Waals surface area contributed by atoms with Crippen LogP contribution in [-0.4, -0.2) is 23.3 Å². The van der Waals surface area contributed by atoms with Gasteiger partial charge in [0.05, 0.1) is 6.61 Å². The van der Waals surface area contributed by atoms with Gasteiger partial charge in [0.2, 0.25) is 5.91 Å². The number of rotatable bonds is 4. The molecule has 1 atom stereocenters. The molecular formula is C19H19NO3. The second-order valence-corrected chi connectivity index (χ2v) is 6.06. The lowest BCUT2D eigenvalue weighted by molar-refractivity contribution is -0.122. The molecule has 0 aliphatic carbocycles. The summed E-state index contributed by atoms with van der Waals surface area (Å²) in [6, 6.07) is 16.2. The molecule has 1 aliphatic heterocycles. The zero-order valence-electron chi connectivity index (χ0n) is 13.0. The van der Waals surface area contributed by atoms with Gasteiger partial charge in [0.1, 0.15) is 5.41 Å². The largest absolute Gasteiger partial charge is 0.392 e. The summed E-state index contributed by atoms with van der Waals surface area (Å²) in [4.78, 5) is 27.3. The normalized spacial score (nSPS) is 20.8. The Kier molecular flexibility index (Phi) is 4.01. The van der Waals surface area contributed by atoms with E-state index in [4.69, 9.17) is 5.11 Å². The van der Waals surface area contributed by atoms with Crippen LogP contribution in [0, 0.1) is 5.41 Å². The van der Waals surface area contributed by atoms with Gasteiger partial charge in [-0.25, -0.2) is 0 Å². The Morgan fingerprint density at radius 3 is 2.39 bits per heavy atom. The summed E-state index contributed by atoms with van der Waals surface area (Å²) in [7, 11) is 0. The van der Waals surface area contributed by atoms with Gasteiger partial charge in [0.25, 0.3) is 0 Å². The average molecular weight is 309 g/mol. The smallest absolute Gasteiger partial charge is 0.240 e. The van der Waals surface area contributed by atoms with Crippen LogP contribution in [0.2, 0.25) is 0 Å². The standard InChI is InChI=1S/C19H19NO3/c1-19(17(22)15-5-3-2-4-6-15)11-12-20(18(19)23)16-9-7-14(13-21)8-10-16/h2-10,21H,11-13H2,1H3/t19-/m0/s1. The molecule has 0 bridgehead atoms. The molecular weight excluding hydrogens is 290 g/mol. The van der Waals surface area contributed by atoms with E-state index in [9.17, 15) is 9.59 Å². The second-order valence-electron chi connectivity index (χ2n) is 6.06. The number of hydrogen-bond donors (Lipinski definition) is 1. The predicted molar refractivity (Wildman–Crippen MR) is 88.2 cm³/mol. The molecule has 1 heterocycles. The van der Waals surface area contributed by atoms with Crippen molar-refractivity contribution in [3.63, 3.8) is 0 Å². The zero-order valence-corrected chi connectivity index (χ0v) is 13.0. The zero-order chi connectivity index (χ0) is 16.4. The third-order valence-corrected chi connectivity index (χ3v) is 4.52. The van der Waals surface area contributed by atoms with Gasteiger partial charge in [-0.1, -0.05) is 42.5 Å². The van der Waals surface area contributed by atoms with Crippen molar-refractivity contribution in [2.75, 3.05) is 11.4 Å². The van der Waals surface area contributed by atoms with Gasteiger partial charge in [-0.2, -0.15) is 0 Å². The highest BCUT2D eigenvalue weighted by molar-refractivity contribution is 6.19. The second kappa shape index (κ2) is 5.97. The maximum atomic E-state index is 12.9. The molecule has 23 heavy (non-hydrogen) atoms. The SMILES string of the molecule is C[C@@]1(C(=O)c2ccccc2)CCN(c2ccc(CO)cc2)C1=O. The molecule has 4 nitrogen and oxygen atoms in total. The maximum absolute atomic E-state index is 12.9. The number of nitrogens with zero attached hydrogens (tertiary/aromatic N) is 1. The number of anilines is 1. The van der Waals surface area contributed by atoms with Crippen molar-refractivity contribution in [3.05, 3.63) is 65.7 Å². The summed E-state index contributed by atoms with van der Waals surface area (Å²) in [5, 5.41) is 9.10. The number of hydrogen-bond acceptors (Lipinski definition) is 3. The number of carbonyl (C=O) groups excluding carboxylic acids is 2. The first-order chi connectivity index (χ1) is 11.1. The van der Waals surface area contributed by atoms with E-state index in [-0.39, 0.29) is 18.3 Å². The Hall–Kier alpha value is -2.46. The number of ketones is 1. The lowest BCUT2D eigenvalue weighted by atomic mass is 9.81. The number of benzene rings is 2. The van der Waals surface area contributed by atoms with Crippen molar-refractivity contribution < 1.29 is 14.7 Å². The van der Waals surface area contributed by atoms with Gasteiger partial charge < -0.3 is 10.0 Å². The molecule has 0 saturated carbocycles. The molecule has 0 radical (unpaired) electrons. The van der Waals surface area contributed by atoms with Gasteiger partial charge in [-0.05, 0) is 31.0 Å². The van der Waals surface area contributed by atoms with E-state index in [1.54, 1.807) is 48.2 Å². The predicted octanol–water partition coefficient (Wildman–Crippen LogP) is 2.80. The quantitative estimate of drug-likeness (QED) is 0.698. The minimum Gasteiger partial charge on any atom is -0.392 e. The van der Waals surface area contributed by atoms with Crippen molar-refractivity contribution in [3.8, 4) is 0 Å². The van der Waals surface area contributed by atoms with E-state index in [0.29, 0.717) is 18.5 Å². The third-order valence-electron chi connectivity index (χ3n) is 4.52. The fraction of sp³-hybridized carbons (Fsp3) is 0.263. The van der Waals surface area contributed by atoms with Gasteiger partial charge in [0, 0.05) is 17.8 Å². The molecule has 0 spiro atoms. The van der Waals surface area contributed by atoms with Gasteiger partial charge in [-0.15, -0.1) is 0 Å². The lowest BCUT2D eigenvalue weighted by Crippen LogP contribution is -2.38. The fourth-order valence-electron chi connectivity index (χ4n) is 2.99. The molecule has 1 amide bonds. The monoisotopic (exact) mass is 309 g/mol. The number of Topliss-reactive ketones (excluding diaryl/α,β-unsaturated/α-hetero) is 1. The topological polar surface area (TPSA) is 57.6 Å².